The van der Waals surface area contributed by atoms with Gasteiger partial charge in [-0.15, -0.1) is 11.6 Å². The quantitative estimate of drug-likeness (QED) is 0.703. The van der Waals surface area contributed by atoms with Gasteiger partial charge in [0.2, 0.25) is 5.89 Å². The number of hydrogen-bond acceptors (Lipinski definition) is 2. The molecule has 0 bridgehead atoms. The number of hydrogen-bond donors (Lipinski definition) is 0. The highest BCUT2D eigenvalue weighted by Crippen LogP contribution is 2.25. The molecule has 0 N–H and O–H groups in total. The Morgan fingerprint density at radius 3 is 2.57 bits per heavy atom. The molecule has 2 rings (SSSR count). The monoisotopic (exact) mass is 207 g/mol. The van der Waals surface area contributed by atoms with Crippen LogP contribution in [0.2, 0.25) is 0 Å². The highest BCUT2D eigenvalue weighted by atomic mass is 35.5. The van der Waals surface area contributed by atoms with E-state index in [-0.39, 0.29) is 5.38 Å². The van der Waals surface area contributed by atoms with Gasteiger partial charge in [0.25, 0.3) is 0 Å². The van der Waals surface area contributed by atoms with Crippen LogP contribution in [0.4, 0.5) is 0 Å². The molecule has 0 fully saturated rings. The lowest BCUT2D eigenvalue weighted by atomic mass is 10.2. The van der Waals surface area contributed by atoms with E-state index in [0.717, 1.165) is 11.3 Å². The Labute approximate surface area is 87.5 Å². The second-order valence-electron chi connectivity index (χ2n) is 3.04. The number of alkyl halides is 1. The van der Waals surface area contributed by atoms with Gasteiger partial charge < -0.3 is 4.42 Å². The third-order valence-electron chi connectivity index (χ3n) is 1.92. The minimum atomic E-state index is -0.188. The van der Waals surface area contributed by atoms with Crippen molar-refractivity contribution in [2.24, 2.45) is 0 Å². The van der Waals surface area contributed by atoms with Crippen molar-refractivity contribution in [2.45, 2.75) is 12.3 Å². The number of oxazole rings is 1. The number of nitrogens with zero attached hydrogens (tertiary/aromatic N) is 1. The third-order valence-corrected chi connectivity index (χ3v) is 2.11. The maximum absolute atomic E-state index is 5.85. The molecule has 2 aromatic rings. The highest BCUT2D eigenvalue weighted by Gasteiger charge is 2.09. The summed E-state index contributed by atoms with van der Waals surface area (Å²) in [4.78, 5) is 4.09. The molecule has 0 saturated heterocycles. The van der Waals surface area contributed by atoms with E-state index in [4.69, 9.17) is 16.0 Å². The van der Waals surface area contributed by atoms with Crippen LogP contribution >= 0.6 is 11.6 Å². The van der Waals surface area contributed by atoms with Crippen molar-refractivity contribution in [3.8, 4) is 11.3 Å². The van der Waals surface area contributed by atoms with Crippen molar-refractivity contribution >= 4 is 11.6 Å². The topological polar surface area (TPSA) is 26.0 Å². The molecule has 2 nitrogen and oxygen atoms in total. The van der Waals surface area contributed by atoms with Crippen LogP contribution in [0.3, 0.4) is 0 Å². The molecule has 0 radical (unpaired) electrons. The second-order valence-corrected chi connectivity index (χ2v) is 3.70. The van der Waals surface area contributed by atoms with Gasteiger partial charge in [0.1, 0.15) is 5.38 Å². The summed E-state index contributed by atoms with van der Waals surface area (Å²) in [6.45, 7) is 1.84. The first-order valence-corrected chi connectivity index (χ1v) is 4.86. The summed E-state index contributed by atoms with van der Waals surface area (Å²) in [7, 11) is 0. The first kappa shape index (κ1) is 9.28. The molecule has 3 heteroatoms. The maximum Gasteiger partial charge on any atom is 0.212 e. The highest BCUT2D eigenvalue weighted by molar-refractivity contribution is 6.20. The summed E-state index contributed by atoms with van der Waals surface area (Å²) in [6.07, 6.45) is 1.70. The van der Waals surface area contributed by atoms with Crippen LogP contribution in [0.1, 0.15) is 18.2 Å². The zero-order valence-corrected chi connectivity index (χ0v) is 8.53. The fourth-order valence-corrected chi connectivity index (χ4v) is 1.31. The molecule has 0 amide bonds. The molecule has 0 aliphatic carbocycles. The standard InChI is InChI=1S/C11H10ClNO/c1-8(12)11-13-7-10(14-11)9-5-3-2-4-6-9/h2-8H,1H3/t8-/m0/s1. The predicted octanol–water partition coefficient (Wildman–Crippen LogP) is 3.64. The lowest BCUT2D eigenvalue weighted by Crippen LogP contribution is -1.80. The van der Waals surface area contributed by atoms with Gasteiger partial charge >= 0.3 is 0 Å². The molecular weight excluding hydrogens is 198 g/mol. The van der Waals surface area contributed by atoms with Crippen LogP contribution in [0.25, 0.3) is 11.3 Å². The van der Waals surface area contributed by atoms with E-state index in [1.165, 1.54) is 0 Å². The minimum Gasteiger partial charge on any atom is -0.439 e. The zero-order valence-electron chi connectivity index (χ0n) is 7.77. The molecule has 72 valence electrons. The number of aromatic nitrogens is 1. The van der Waals surface area contributed by atoms with Crippen LogP contribution in [0, 0.1) is 0 Å². The Bertz CT molecular complexity index is 408. The van der Waals surface area contributed by atoms with Gasteiger partial charge in [0.15, 0.2) is 5.76 Å². The van der Waals surface area contributed by atoms with Crippen LogP contribution in [-0.4, -0.2) is 4.98 Å². The molecule has 0 spiro atoms. The number of benzene rings is 1. The lowest BCUT2D eigenvalue weighted by molar-refractivity contribution is 0.508. The van der Waals surface area contributed by atoms with Gasteiger partial charge in [-0.05, 0) is 6.92 Å². The molecule has 0 unspecified atom stereocenters. The van der Waals surface area contributed by atoms with Crippen molar-refractivity contribution in [2.75, 3.05) is 0 Å². The molecule has 1 heterocycles. The molecule has 0 aliphatic rings. The van der Waals surface area contributed by atoms with Crippen LogP contribution < -0.4 is 0 Å². The summed E-state index contributed by atoms with van der Waals surface area (Å²) < 4.78 is 5.49. The van der Waals surface area contributed by atoms with Crippen molar-refractivity contribution in [3.63, 3.8) is 0 Å². The average Bonchev–Trinajstić information content (AvgIpc) is 2.68. The van der Waals surface area contributed by atoms with Gasteiger partial charge in [0.05, 0.1) is 6.20 Å². The van der Waals surface area contributed by atoms with E-state index in [1.54, 1.807) is 6.20 Å². The first-order chi connectivity index (χ1) is 6.77. The zero-order chi connectivity index (χ0) is 9.97. The largest absolute Gasteiger partial charge is 0.439 e. The Balaban J connectivity index is 2.34. The van der Waals surface area contributed by atoms with E-state index in [2.05, 4.69) is 4.98 Å². The van der Waals surface area contributed by atoms with Gasteiger partial charge in [-0.1, -0.05) is 30.3 Å². The Morgan fingerprint density at radius 2 is 2.00 bits per heavy atom. The van der Waals surface area contributed by atoms with E-state index < -0.39 is 0 Å². The summed E-state index contributed by atoms with van der Waals surface area (Å²) in [5.74, 6) is 1.32. The van der Waals surface area contributed by atoms with Crippen LogP contribution in [-0.2, 0) is 0 Å². The second kappa shape index (κ2) is 3.84. The molecule has 0 saturated carbocycles. The van der Waals surface area contributed by atoms with Crippen molar-refractivity contribution < 1.29 is 4.42 Å². The fraction of sp³-hybridized carbons (Fsp3) is 0.182. The summed E-state index contributed by atoms with van der Waals surface area (Å²) in [6, 6.07) is 9.83. The predicted molar refractivity (Wildman–Crippen MR) is 56.2 cm³/mol. The Morgan fingerprint density at radius 1 is 1.29 bits per heavy atom. The maximum atomic E-state index is 5.85. The van der Waals surface area contributed by atoms with Gasteiger partial charge in [-0.25, -0.2) is 4.98 Å². The molecule has 14 heavy (non-hydrogen) atoms. The van der Waals surface area contributed by atoms with Gasteiger partial charge in [-0.3, -0.25) is 0 Å². The average molecular weight is 208 g/mol. The molecular formula is C11H10ClNO. The van der Waals surface area contributed by atoms with Crippen molar-refractivity contribution in [1.29, 1.82) is 0 Å². The van der Waals surface area contributed by atoms with Gasteiger partial charge in [0, 0.05) is 5.56 Å². The first-order valence-electron chi connectivity index (χ1n) is 4.42. The Hall–Kier alpha value is -1.28. The molecule has 1 aromatic heterocycles. The Kier molecular flexibility index (Phi) is 2.55. The number of halogens is 1. The molecule has 0 aliphatic heterocycles. The van der Waals surface area contributed by atoms with E-state index >= 15 is 0 Å². The number of rotatable bonds is 2. The van der Waals surface area contributed by atoms with E-state index in [1.807, 2.05) is 37.3 Å². The summed E-state index contributed by atoms with van der Waals surface area (Å²) in [5, 5.41) is -0.188. The fourth-order valence-electron chi connectivity index (χ4n) is 1.21. The SMILES string of the molecule is C[C@H](Cl)c1ncc(-c2ccccc2)o1. The molecule has 1 atom stereocenters. The van der Waals surface area contributed by atoms with Crippen molar-refractivity contribution in [1.82, 2.24) is 4.98 Å². The van der Waals surface area contributed by atoms with Crippen molar-refractivity contribution in [3.05, 3.63) is 42.4 Å². The lowest BCUT2D eigenvalue weighted by Gasteiger charge is -1.95. The normalized spacial score (nSPS) is 12.7. The van der Waals surface area contributed by atoms with E-state index in [9.17, 15) is 0 Å². The van der Waals surface area contributed by atoms with Gasteiger partial charge in [-0.2, -0.15) is 0 Å². The minimum absolute atomic E-state index is 0.188. The summed E-state index contributed by atoms with van der Waals surface area (Å²) >= 11 is 5.85. The summed E-state index contributed by atoms with van der Waals surface area (Å²) in [5.41, 5.74) is 1.02. The van der Waals surface area contributed by atoms with Crippen LogP contribution in [0.5, 0.6) is 0 Å². The third kappa shape index (κ3) is 1.80. The van der Waals surface area contributed by atoms with E-state index in [0.29, 0.717) is 5.89 Å². The van der Waals surface area contributed by atoms with Crippen LogP contribution in [0.15, 0.2) is 40.9 Å². The smallest absolute Gasteiger partial charge is 0.212 e. The molecule has 1 aromatic carbocycles.